The summed E-state index contributed by atoms with van der Waals surface area (Å²) in [6, 6.07) is 5.48. The quantitative estimate of drug-likeness (QED) is 0.756. The molecule has 2 rings (SSSR count). The Morgan fingerprint density at radius 1 is 1.41 bits per heavy atom. The van der Waals surface area contributed by atoms with E-state index >= 15 is 0 Å². The summed E-state index contributed by atoms with van der Waals surface area (Å²) in [5.41, 5.74) is 0.370. The average molecular weight is 307 g/mol. The normalized spacial score (nSPS) is 12.1. The van der Waals surface area contributed by atoms with Crippen molar-refractivity contribution in [3.05, 3.63) is 42.0 Å². The Labute approximate surface area is 127 Å². The molecule has 7 heteroatoms. The van der Waals surface area contributed by atoms with E-state index < -0.39 is 12.0 Å². The molecule has 1 heterocycles. The molecule has 1 aromatic carbocycles. The second-order valence-corrected chi connectivity index (χ2v) is 4.94. The van der Waals surface area contributed by atoms with Crippen molar-refractivity contribution in [3.63, 3.8) is 0 Å². The van der Waals surface area contributed by atoms with Gasteiger partial charge in [-0.15, -0.1) is 0 Å². The molecule has 0 bridgehead atoms. The third kappa shape index (κ3) is 3.82. The molecule has 1 amide bonds. The molecule has 6 nitrogen and oxygen atoms in total. The van der Waals surface area contributed by atoms with Crippen LogP contribution in [0.4, 0.5) is 4.39 Å². The highest BCUT2D eigenvalue weighted by Gasteiger charge is 2.17. The molecule has 2 aromatic rings. The lowest BCUT2D eigenvalue weighted by Crippen LogP contribution is -2.32. The maximum atomic E-state index is 12.9. The van der Waals surface area contributed by atoms with Gasteiger partial charge in [-0.05, 0) is 30.7 Å². The third-order valence-electron chi connectivity index (χ3n) is 3.12. The van der Waals surface area contributed by atoms with Gasteiger partial charge in [-0.3, -0.25) is 4.79 Å². The minimum absolute atomic E-state index is 0.0928. The number of hydrogen-bond donors (Lipinski definition) is 3. The fourth-order valence-corrected chi connectivity index (χ4v) is 1.98. The van der Waals surface area contributed by atoms with Crippen molar-refractivity contribution in [1.29, 1.82) is 0 Å². The summed E-state index contributed by atoms with van der Waals surface area (Å²) in [5.74, 6) is -1.25. The van der Waals surface area contributed by atoms with Crippen LogP contribution in [-0.4, -0.2) is 38.5 Å². The molecule has 0 spiro atoms. The van der Waals surface area contributed by atoms with E-state index in [9.17, 15) is 19.4 Å². The first-order chi connectivity index (χ1) is 10.5. The monoisotopic (exact) mass is 307 g/mol. The van der Waals surface area contributed by atoms with Crippen LogP contribution < -0.4 is 5.32 Å². The number of benzene rings is 1. The van der Waals surface area contributed by atoms with Crippen LogP contribution in [0.3, 0.4) is 0 Å². The number of carbonyl (C=O) groups is 1. The topological polar surface area (TPSA) is 87.4 Å². The molecule has 0 radical (unpaired) electrons. The van der Waals surface area contributed by atoms with Crippen LogP contribution in [0, 0.1) is 5.82 Å². The lowest BCUT2D eigenvalue weighted by molar-refractivity contribution is 0.0902. The number of aromatic hydroxyl groups is 1. The Morgan fingerprint density at radius 3 is 2.73 bits per heavy atom. The van der Waals surface area contributed by atoms with Gasteiger partial charge in [-0.2, -0.15) is 5.10 Å². The molecule has 0 saturated heterocycles. The number of rotatable bonds is 6. The summed E-state index contributed by atoms with van der Waals surface area (Å²) in [6.07, 6.45) is 2.03. The summed E-state index contributed by atoms with van der Waals surface area (Å²) in [6.45, 7) is 2.02. The first-order valence-electron chi connectivity index (χ1n) is 7.02. The number of amides is 1. The molecule has 0 aliphatic rings. The molecule has 118 valence electrons. The van der Waals surface area contributed by atoms with Gasteiger partial charge in [0.15, 0.2) is 11.4 Å². The van der Waals surface area contributed by atoms with Crippen molar-refractivity contribution < 1.29 is 19.4 Å². The molecule has 1 unspecified atom stereocenters. The Morgan fingerprint density at radius 2 is 2.09 bits per heavy atom. The zero-order valence-electron chi connectivity index (χ0n) is 12.2. The summed E-state index contributed by atoms with van der Waals surface area (Å²) in [5, 5.41) is 25.9. The van der Waals surface area contributed by atoms with E-state index in [4.69, 9.17) is 0 Å². The molecule has 1 atom stereocenters. The maximum Gasteiger partial charge on any atom is 0.275 e. The molecular weight excluding hydrogens is 289 g/mol. The van der Waals surface area contributed by atoms with Gasteiger partial charge in [0.2, 0.25) is 0 Å². The van der Waals surface area contributed by atoms with Gasteiger partial charge in [-0.1, -0.05) is 13.3 Å². The van der Waals surface area contributed by atoms with E-state index in [0.29, 0.717) is 12.1 Å². The van der Waals surface area contributed by atoms with E-state index in [0.717, 1.165) is 6.42 Å². The summed E-state index contributed by atoms with van der Waals surface area (Å²) >= 11 is 0. The van der Waals surface area contributed by atoms with E-state index in [1.807, 2.05) is 6.92 Å². The predicted molar refractivity (Wildman–Crippen MR) is 78.4 cm³/mol. The molecule has 3 N–H and O–H groups in total. The number of nitrogens with zero attached hydrogens (tertiary/aromatic N) is 2. The minimum Gasteiger partial charge on any atom is -0.504 e. The number of carbonyl (C=O) groups excluding carboxylic acids is 1. The van der Waals surface area contributed by atoms with Crippen molar-refractivity contribution in [2.75, 3.05) is 6.54 Å². The van der Waals surface area contributed by atoms with E-state index in [1.54, 1.807) is 0 Å². The highest BCUT2D eigenvalue weighted by Crippen LogP contribution is 2.18. The van der Waals surface area contributed by atoms with Crippen molar-refractivity contribution in [1.82, 2.24) is 15.1 Å². The van der Waals surface area contributed by atoms with Crippen LogP contribution in [0.25, 0.3) is 5.69 Å². The van der Waals surface area contributed by atoms with Gasteiger partial charge in [-0.25, -0.2) is 9.07 Å². The van der Waals surface area contributed by atoms with Crippen molar-refractivity contribution >= 4 is 5.91 Å². The Hall–Kier alpha value is -2.41. The SMILES string of the molecule is CCCC(O)CNC(=O)c1nn(-c2ccc(F)cc2)cc1O. The van der Waals surface area contributed by atoms with Gasteiger partial charge >= 0.3 is 0 Å². The van der Waals surface area contributed by atoms with Crippen molar-refractivity contribution in [2.45, 2.75) is 25.9 Å². The molecule has 1 aromatic heterocycles. The largest absolute Gasteiger partial charge is 0.504 e. The molecule has 0 fully saturated rings. The molecule has 0 saturated carbocycles. The number of halogens is 1. The Balaban J connectivity index is 2.09. The summed E-state index contributed by atoms with van der Waals surface area (Å²) in [4.78, 5) is 12.0. The van der Waals surface area contributed by atoms with Crippen LogP contribution in [0.5, 0.6) is 5.75 Å². The Kier molecular flexibility index (Phi) is 5.11. The van der Waals surface area contributed by atoms with Crippen LogP contribution in [-0.2, 0) is 0 Å². The van der Waals surface area contributed by atoms with Gasteiger partial charge in [0.05, 0.1) is 18.0 Å². The van der Waals surface area contributed by atoms with Crippen LogP contribution in [0.1, 0.15) is 30.3 Å². The fourth-order valence-electron chi connectivity index (χ4n) is 1.98. The first kappa shape index (κ1) is 16.0. The first-order valence-corrected chi connectivity index (χ1v) is 7.02. The van der Waals surface area contributed by atoms with Crippen LogP contribution in [0.2, 0.25) is 0 Å². The lowest BCUT2D eigenvalue weighted by atomic mass is 10.2. The molecular formula is C15H18FN3O3. The summed E-state index contributed by atoms with van der Waals surface area (Å²) in [7, 11) is 0. The zero-order chi connectivity index (χ0) is 16.1. The zero-order valence-corrected chi connectivity index (χ0v) is 12.2. The molecule has 0 aliphatic carbocycles. The van der Waals surface area contributed by atoms with E-state index in [2.05, 4.69) is 10.4 Å². The number of aliphatic hydroxyl groups is 1. The fraction of sp³-hybridized carbons (Fsp3) is 0.333. The standard InChI is InChI=1S/C15H18FN3O3/c1-2-3-12(20)8-17-15(22)14-13(21)9-19(18-14)11-6-4-10(16)5-7-11/h4-7,9,12,20-21H,2-3,8H2,1H3,(H,17,22). The Bertz CT molecular complexity index is 640. The molecule has 22 heavy (non-hydrogen) atoms. The second-order valence-electron chi connectivity index (χ2n) is 4.94. The summed E-state index contributed by atoms with van der Waals surface area (Å²) < 4.78 is 14.2. The third-order valence-corrected chi connectivity index (χ3v) is 3.12. The van der Waals surface area contributed by atoms with Gasteiger partial charge in [0.1, 0.15) is 5.82 Å². The lowest BCUT2D eigenvalue weighted by Gasteiger charge is -2.09. The van der Waals surface area contributed by atoms with E-state index in [1.165, 1.54) is 35.1 Å². The van der Waals surface area contributed by atoms with Gasteiger partial charge in [0, 0.05) is 6.54 Å². The van der Waals surface area contributed by atoms with Crippen molar-refractivity contribution in [3.8, 4) is 11.4 Å². The average Bonchev–Trinajstić information content (AvgIpc) is 2.88. The second kappa shape index (κ2) is 7.04. The minimum atomic E-state index is -0.629. The smallest absolute Gasteiger partial charge is 0.275 e. The predicted octanol–water partition coefficient (Wildman–Crippen LogP) is 1.61. The molecule has 0 aliphatic heterocycles. The number of hydrogen-bond acceptors (Lipinski definition) is 4. The van der Waals surface area contributed by atoms with Crippen LogP contribution >= 0.6 is 0 Å². The maximum absolute atomic E-state index is 12.9. The van der Waals surface area contributed by atoms with E-state index in [-0.39, 0.29) is 23.8 Å². The number of aliphatic hydroxyl groups excluding tert-OH is 1. The highest BCUT2D eigenvalue weighted by molar-refractivity contribution is 5.94. The van der Waals surface area contributed by atoms with Gasteiger partial charge in [0.25, 0.3) is 5.91 Å². The van der Waals surface area contributed by atoms with Crippen molar-refractivity contribution in [2.24, 2.45) is 0 Å². The number of aromatic nitrogens is 2. The van der Waals surface area contributed by atoms with Gasteiger partial charge < -0.3 is 15.5 Å². The highest BCUT2D eigenvalue weighted by atomic mass is 19.1. The number of nitrogens with one attached hydrogen (secondary N) is 1. The van der Waals surface area contributed by atoms with Crippen LogP contribution in [0.15, 0.2) is 30.5 Å².